The Bertz CT molecular complexity index is 969. The molecule has 0 spiro atoms. The Labute approximate surface area is 172 Å². The molecule has 3 aromatic rings. The van der Waals surface area contributed by atoms with Crippen LogP contribution in [-0.4, -0.2) is 52.2 Å². The summed E-state index contributed by atoms with van der Waals surface area (Å²) in [4.78, 5) is 21.4. The highest BCUT2D eigenvalue weighted by atomic mass is 35.5. The van der Waals surface area contributed by atoms with Crippen molar-refractivity contribution in [3.63, 3.8) is 0 Å². The highest BCUT2D eigenvalue weighted by Gasteiger charge is 2.24. The molecule has 1 aliphatic rings. The normalized spacial score (nSPS) is 14.2. The molecule has 1 N–H and O–H groups in total. The van der Waals surface area contributed by atoms with E-state index in [0.717, 1.165) is 17.2 Å². The lowest BCUT2D eigenvalue weighted by Crippen LogP contribution is -2.48. The summed E-state index contributed by atoms with van der Waals surface area (Å²) in [5.74, 6) is 2.22. The molecule has 0 aliphatic carbocycles. The number of nitrogens with one attached hydrogen (secondary N) is 1. The van der Waals surface area contributed by atoms with Gasteiger partial charge in [0.15, 0.2) is 11.6 Å². The van der Waals surface area contributed by atoms with Gasteiger partial charge in [-0.05, 0) is 48.9 Å². The van der Waals surface area contributed by atoms with E-state index in [1.54, 1.807) is 18.3 Å². The molecule has 3 aromatic heterocycles. The maximum atomic E-state index is 12.5. The number of halogens is 1. The molecule has 0 atom stereocenters. The van der Waals surface area contributed by atoms with Gasteiger partial charge in [-0.1, -0.05) is 11.6 Å². The topological polar surface area (TPSA) is 74.2 Å². The minimum atomic E-state index is 0.0350. The van der Waals surface area contributed by atoms with E-state index in [-0.39, 0.29) is 5.91 Å². The van der Waals surface area contributed by atoms with Crippen molar-refractivity contribution in [1.82, 2.24) is 20.1 Å². The molecule has 144 valence electrons. The molecule has 4 rings (SSSR count). The fourth-order valence-electron chi connectivity index (χ4n) is 3.02. The fourth-order valence-corrected chi connectivity index (χ4v) is 4.03. The Morgan fingerprint density at radius 3 is 2.54 bits per heavy atom. The van der Waals surface area contributed by atoms with Gasteiger partial charge in [-0.25, -0.2) is 4.98 Å². The number of nitrogens with zero attached hydrogens (tertiary/aromatic N) is 5. The molecule has 1 saturated heterocycles. The number of hydrogen-bond acceptors (Lipinski definition) is 7. The SMILES string of the molecule is Cc1ccnc(Nc2ccc(N3CCN(C(=O)c4ccc(Cl)s4)CC3)nn2)c1. The number of rotatable bonds is 4. The number of aromatic nitrogens is 3. The summed E-state index contributed by atoms with van der Waals surface area (Å²) < 4.78 is 0.631. The lowest BCUT2D eigenvalue weighted by atomic mass is 10.3. The van der Waals surface area contributed by atoms with Gasteiger partial charge in [0.1, 0.15) is 5.82 Å². The van der Waals surface area contributed by atoms with Gasteiger partial charge in [-0.15, -0.1) is 21.5 Å². The molecule has 1 amide bonds. The second-order valence-corrected chi connectivity index (χ2v) is 8.22. The van der Waals surface area contributed by atoms with Crippen LogP contribution >= 0.6 is 22.9 Å². The largest absolute Gasteiger partial charge is 0.352 e. The van der Waals surface area contributed by atoms with Gasteiger partial charge in [0.25, 0.3) is 5.91 Å². The highest BCUT2D eigenvalue weighted by molar-refractivity contribution is 7.17. The number of pyridine rings is 1. The first kappa shape index (κ1) is 18.6. The zero-order valence-electron chi connectivity index (χ0n) is 15.3. The van der Waals surface area contributed by atoms with Gasteiger partial charge in [0, 0.05) is 32.4 Å². The number of amides is 1. The molecular weight excluding hydrogens is 396 g/mol. The van der Waals surface area contributed by atoms with E-state index >= 15 is 0 Å². The predicted molar refractivity (Wildman–Crippen MR) is 112 cm³/mol. The quantitative estimate of drug-likeness (QED) is 0.703. The summed E-state index contributed by atoms with van der Waals surface area (Å²) in [7, 11) is 0. The van der Waals surface area contributed by atoms with Gasteiger partial charge in [-0.2, -0.15) is 0 Å². The number of hydrogen-bond donors (Lipinski definition) is 1. The van der Waals surface area contributed by atoms with Crippen molar-refractivity contribution in [3.8, 4) is 0 Å². The van der Waals surface area contributed by atoms with Crippen molar-refractivity contribution in [2.24, 2.45) is 0 Å². The Balaban J connectivity index is 1.35. The average Bonchev–Trinajstić information content (AvgIpc) is 3.15. The Kier molecular flexibility index (Phi) is 5.40. The molecule has 1 aliphatic heterocycles. The Hall–Kier alpha value is -2.71. The second kappa shape index (κ2) is 8.12. The minimum absolute atomic E-state index is 0.0350. The molecule has 7 nitrogen and oxygen atoms in total. The molecule has 0 aromatic carbocycles. The third-order valence-corrected chi connectivity index (χ3v) is 5.72. The number of aryl methyl sites for hydroxylation is 1. The fraction of sp³-hybridized carbons (Fsp3) is 0.263. The van der Waals surface area contributed by atoms with Gasteiger partial charge < -0.3 is 15.1 Å². The summed E-state index contributed by atoms with van der Waals surface area (Å²) in [5, 5.41) is 11.7. The zero-order chi connectivity index (χ0) is 19.5. The van der Waals surface area contributed by atoms with Crippen LogP contribution in [0, 0.1) is 6.92 Å². The number of carbonyl (C=O) groups excluding carboxylic acids is 1. The molecule has 0 saturated carbocycles. The lowest BCUT2D eigenvalue weighted by Gasteiger charge is -2.35. The Morgan fingerprint density at radius 2 is 1.89 bits per heavy atom. The van der Waals surface area contributed by atoms with Crippen LogP contribution in [0.25, 0.3) is 0 Å². The van der Waals surface area contributed by atoms with Crippen molar-refractivity contribution in [2.45, 2.75) is 6.92 Å². The summed E-state index contributed by atoms with van der Waals surface area (Å²) >= 11 is 7.25. The van der Waals surface area contributed by atoms with E-state index < -0.39 is 0 Å². The van der Waals surface area contributed by atoms with Crippen molar-refractivity contribution in [1.29, 1.82) is 0 Å². The number of anilines is 3. The highest BCUT2D eigenvalue weighted by Crippen LogP contribution is 2.24. The molecule has 1 fully saturated rings. The second-order valence-electron chi connectivity index (χ2n) is 6.50. The lowest BCUT2D eigenvalue weighted by molar-refractivity contribution is 0.0751. The van der Waals surface area contributed by atoms with Crippen molar-refractivity contribution >= 4 is 46.3 Å². The first-order valence-corrected chi connectivity index (χ1v) is 10.1. The van der Waals surface area contributed by atoms with E-state index in [0.29, 0.717) is 41.2 Å². The number of thiophene rings is 1. The summed E-state index contributed by atoms with van der Waals surface area (Å²) in [6.07, 6.45) is 1.75. The summed E-state index contributed by atoms with van der Waals surface area (Å²) in [6.45, 7) is 4.73. The van der Waals surface area contributed by atoms with Crippen LogP contribution in [0.5, 0.6) is 0 Å². The summed E-state index contributed by atoms with van der Waals surface area (Å²) in [5.41, 5.74) is 1.12. The van der Waals surface area contributed by atoms with Crippen LogP contribution in [0.2, 0.25) is 4.34 Å². The zero-order valence-corrected chi connectivity index (χ0v) is 16.9. The van der Waals surface area contributed by atoms with Crippen LogP contribution < -0.4 is 10.2 Å². The van der Waals surface area contributed by atoms with E-state index in [4.69, 9.17) is 11.6 Å². The van der Waals surface area contributed by atoms with Crippen LogP contribution in [0.3, 0.4) is 0 Å². The minimum Gasteiger partial charge on any atom is -0.352 e. The van der Waals surface area contributed by atoms with Crippen molar-refractivity contribution in [2.75, 3.05) is 36.4 Å². The maximum absolute atomic E-state index is 12.5. The first-order chi connectivity index (χ1) is 13.6. The van der Waals surface area contributed by atoms with Crippen molar-refractivity contribution < 1.29 is 4.79 Å². The average molecular weight is 415 g/mol. The van der Waals surface area contributed by atoms with E-state index in [9.17, 15) is 4.79 Å². The number of carbonyl (C=O) groups is 1. The van der Waals surface area contributed by atoms with Crippen LogP contribution in [0.4, 0.5) is 17.5 Å². The molecule has 9 heteroatoms. The van der Waals surface area contributed by atoms with Crippen LogP contribution in [0.1, 0.15) is 15.2 Å². The smallest absolute Gasteiger partial charge is 0.264 e. The standard InChI is InChI=1S/C19H19ClN6OS/c1-13-6-7-21-17(12-13)22-16-4-5-18(24-23-16)25-8-10-26(11-9-25)19(27)14-2-3-15(20)28-14/h2-7,12H,8-11H2,1H3,(H,21,22,23). The predicted octanol–water partition coefficient (Wildman–Crippen LogP) is 3.60. The molecule has 4 heterocycles. The maximum Gasteiger partial charge on any atom is 0.264 e. The third-order valence-electron chi connectivity index (χ3n) is 4.50. The summed E-state index contributed by atoms with van der Waals surface area (Å²) in [6, 6.07) is 11.2. The molecule has 0 radical (unpaired) electrons. The molecule has 0 unspecified atom stereocenters. The number of piperazine rings is 1. The van der Waals surface area contributed by atoms with Gasteiger partial charge in [0.2, 0.25) is 0 Å². The molecule has 0 bridgehead atoms. The first-order valence-electron chi connectivity index (χ1n) is 8.91. The molecular formula is C19H19ClN6OS. The van der Waals surface area contributed by atoms with E-state index in [1.807, 2.05) is 36.1 Å². The van der Waals surface area contributed by atoms with E-state index in [1.165, 1.54) is 11.3 Å². The monoisotopic (exact) mass is 414 g/mol. The van der Waals surface area contributed by atoms with Crippen molar-refractivity contribution in [3.05, 3.63) is 57.4 Å². The third kappa shape index (κ3) is 4.23. The van der Waals surface area contributed by atoms with Crippen LogP contribution in [0.15, 0.2) is 42.6 Å². The van der Waals surface area contributed by atoms with Gasteiger partial charge in [-0.3, -0.25) is 4.79 Å². The van der Waals surface area contributed by atoms with Gasteiger partial charge >= 0.3 is 0 Å². The molecule has 28 heavy (non-hydrogen) atoms. The van der Waals surface area contributed by atoms with E-state index in [2.05, 4.69) is 25.4 Å². The van der Waals surface area contributed by atoms with Crippen LogP contribution in [-0.2, 0) is 0 Å². The van der Waals surface area contributed by atoms with Gasteiger partial charge in [0.05, 0.1) is 9.21 Å². The Morgan fingerprint density at radius 1 is 1.07 bits per heavy atom.